The zero-order valence-corrected chi connectivity index (χ0v) is 14.3. The molecule has 0 aliphatic carbocycles. The SMILES string of the molecule is CC(NC(=O)C1CS(=O)(=O)C1)c1nc2ccccc2n1C(C)C. The number of amides is 1. The maximum absolute atomic E-state index is 12.2. The van der Waals surface area contributed by atoms with E-state index in [9.17, 15) is 13.2 Å². The molecule has 1 saturated heterocycles. The Morgan fingerprint density at radius 2 is 1.91 bits per heavy atom. The van der Waals surface area contributed by atoms with Crippen LogP contribution in [0, 0.1) is 5.92 Å². The number of nitrogens with one attached hydrogen (secondary N) is 1. The molecule has 2 aromatic rings. The molecule has 1 fully saturated rings. The van der Waals surface area contributed by atoms with Gasteiger partial charge in [0.1, 0.15) is 5.82 Å². The predicted octanol–water partition coefficient (Wildman–Crippen LogP) is 1.84. The van der Waals surface area contributed by atoms with Gasteiger partial charge in [-0.25, -0.2) is 13.4 Å². The summed E-state index contributed by atoms with van der Waals surface area (Å²) in [5, 5.41) is 2.91. The zero-order valence-electron chi connectivity index (χ0n) is 13.5. The van der Waals surface area contributed by atoms with Crippen molar-refractivity contribution in [3.63, 3.8) is 0 Å². The van der Waals surface area contributed by atoms with Gasteiger partial charge in [0.2, 0.25) is 5.91 Å². The minimum absolute atomic E-state index is 0.0495. The molecule has 0 saturated carbocycles. The van der Waals surface area contributed by atoms with Crippen LogP contribution in [-0.4, -0.2) is 35.4 Å². The normalized spacial score (nSPS) is 18.8. The first kappa shape index (κ1) is 16.0. The van der Waals surface area contributed by atoms with Gasteiger partial charge in [0.25, 0.3) is 0 Å². The molecule has 3 rings (SSSR count). The van der Waals surface area contributed by atoms with E-state index in [4.69, 9.17) is 0 Å². The molecule has 6 nitrogen and oxygen atoms in total. The first-order chi connectivity index (χ1) is 10.8. The summed E-state index contributed by atoms with van der Waals surface area (Å²) < 4.78 is 24.6. The molecule has 1 aromatic heterocycles. The van der Waals surface area contributed by atoms with Gasteiger partial charge in [0.15, 0.2) is 9.84 Å². The van der Waals surface area contributed by atoms with E-state index in [0.29, 0.717) is 0 Å². The standard InChI is InChI=1S/C16H21N3O3S/c1-10(2)19-14-7-5-4-6-13(14)18-15(19)11(3)17-16(20)12-8-23(21,22)9-12/h4-7,10-12H,8-9H2,1-3H3,(H,17,20). The third-order valence-electron chi connectivity index (χ3n) is 4.17. The molecule has 1 aromatic carbocycles. The Morgan fingerprint density at radius 3 is 2.52 bits per heavy atom. The van der Waals surface area contributed by atoms with Crippen LogP contribution in [0.25, 0.3) is 11.0 Å². The largest absolute Gasteiger partial charge is 0.346 e. The fraction of sp³-hybridized carbons (Fsp3) is 0.500. The van der Waals surface area contributed by atoms with Gasteiger partial charge >= 0.3 is 0 Å². The average molecular weight is 335 g/mol. The van der Waals surface area contributed by atoms with E-state index in [2.05, 4.69) is 28.7 Å². The van der Waals surface area contributed by atoms with E-state index in [-0.39, 0.29) is 29.5 Å². The Kier molecular flexibility index (Phi) is 3.91. The Balaban J connectivity index is 1.85. The number of benzene rings is 1. The lowest BCUT2D eigenvalue weighted by Gasteiger charge is -2.26. The third-order valence-corrected chi connectivity index (χ3v) is 5.99. The lowest BCUT2D eigenvalue weighted by molar-refractivity contribution is -0.124. The number of nitrogens with zero attached hydrogens (tertiary/aromatic N) is 2. The summed E-state index contributed by atoms with van der Waals surface area (Å²) in [6.45, 7) is 6.03. The van der Waals surface area contributed by atoms with Crippen LogP contribution in [0.2, 0.25) is 0 Å². The highest BCUT2D eigenvalue weighted by molar-refractivity contribution is 7.92. The van der Waals surface area contributed by atoms with E-state index in [1.54, 1.807) is 0 Å². The third kappa shape index (κ3) is 2.97. The van der Waals surface area contributed by atoms with Gasteiger partial charge in [0, 0.05) is 6.04 Å². The van der Waals surface area contributed by atoms with Gasteiger partial charge in [-0.15, -0.1) is 0 Å². The molecule has 1 amide bonds. The van der Waals surface area contributed by atoms with Crippen molar-refractivity contribution in [3.05, 3.63) is 30.1 Å². The number of aromatic nitrogens is 2. The van der Waals surface area contributed by atoms with Crippen LogP contribution in [0.15, 0.2) is 24.3 Å². The van der Waals surface area contributed by atoms with Crippen LogP contribution < -0.4 is 5.32 Å². The van der Waals surface area contributed by atoms with Crippen molar-refractivity contribution in [2.75, 3.05) is 11.5 Å². The molecule has 7 heteroatoms. The fourth-order valence-electron chi connectivity index (χ4n) is 3.02. The van der Waals surface area contributed by atoms with Crippen molar-refractivity contribution < 1.29 is 13.2 Å². The first-order valence-electron chi connectivity index (χ1n) is 7.76. The number of rotatable bonds is 4. The van der Waals surface area contributed by atoms with Crippen LogP contribution in [0.1, 0.15) is 38.7 Å². The maximum atomic E-state index is 12.2. The van der Waals surface area contributed by atoms with Crippen LogP contribution in [0.3, 0.4) is 0 Å². The second-order valence-corrected chi connectivity index (χ2v) is 8.58. The fourth-order valence-corrected chi connectivity index (χ4v) is 4.45. The molecule has 1 atom stereocenters. The number of carbonyl (C=O) groups excluding carboxylic acids is 1. The van der Waals surface area contributed by atoms with Gasteiger partial charge in [-0.05, 0) is 32.9 Å². The van der Waals surface area contributed by atoms with Gasteiger partial charge in [0.05, 0.1) is 34.5 Å². The maximum Gasteiger partial charge on any atom is 0.225 e. The van der Waals surface area contributed by atoms with Gasteiger partial charge in [-0.2, -0.15) is 0 Å². The highest BCUT2D eigenvalue weighted by Gasteiger charge is 2.39. The van der Waals surface area contributed by atoms with E-state index < -0.39 is 15.8 Å². The predicted molar refractivity (Wildman–Crippen MR) is 88.8 cm³/mol. The zero-order chi connectivity index (χ0) is 16.8. The van der Waals surface area contributed by atoms with Crippen molar-refractivity contribution in [2.24, 2.45) is 5.92 Å². The molecule has 2 heterocycles. The smallest absolute Gasteiger partial charge is 0.225 e. The molecule has 0 spiro atoms. The molecule has 1 aliphatic heterocycles. The van der Waals surface area contributed by atoms with E-state index in [1.807, 2.05) is 31.2 Å². The summed E-state index contributed by atoms with van der Waals surface area (Å²) in [6.07, 6.45) is 0. The Morgan fingerprint density at radius 1 is 1.26 bits per heavy atom. The molecule has 1 aliphatic rings. The molecule has 0 bridgehead atoms. The number of hydrogen-bond acceptors (Lipinski definition) is 4. The molecule has 1 unspecified atom stereocenters. The lowest BCUT2D eigenvalue weighted by Crippen LogP contribution is -2.47. The van der Waals surface area contributed by atoms with Crippen molar-refractivity contribution in [3.8, 4) is 0 Å². The number of para-hydroxylation sites is 2. The minimum atomic E-state index is -3.00. The Bertz CT molecular complexity index is 843. The second kappa shape index (κ2) is 5.63. The Hall–Kier alpha value is -1.89. The number of imidazole rings is 1. The average Bonchev–Trinajstić information content (AvgIpc) is 2.84. The van der Waals surface area contributed by atoms with E-state index in [1.165, 1.54) is 0 Å². The van der Waals surface area contributed by atoms with Crippen molar-refractivity contribution in [2.45, 2.75) is 32.9 Å². The topological polar surface area (TPSA) is 81.1 Å². The highest BCUT2D eigenvalue weighted by Crippen LogP contribution is 2.26. The molecular weight excluding hydrogens is 314 g/mol. The molecule has 23 heavy (non-hydrogen) atoms. The quantitative estimate of drug-likeness (QED) is 0.924. The number of carbonyl (C=O) groups is 1. The summed E-state index contributed by atoms with van der Waals surface area (Å²) in [5.41, 5.74) is 1.92. The number of sulfone groups is 1. The number of fused-ring (bicyclic) bond motifs is 1. The summed E-state index contributed by atoms with van der Waals surface area (Å²) in [7, 11) is -3.00. The summed E-state index contributed by atoms with van der Waals surface area (Å²) in [5.74, 6) is 0.0453. The molecule has 124 valence electrons. The minimum Gasteiger partial charge on any atom is -0.346 e. The number of hydrogen-bond donors (Lipinski definition) is 1. The highest BCUT2D eigenvalue weighted by atomic mass is 32.2. The molecule has 1 N–H and O–H groups in total. The van der Waals surface area contributed by atoms with Crippen LogP contribution >= 0.6 is 0 Å². The van der Waals surface area contributed by atoms with Crippen molar-refractivity contribution in [1.29, 1.82) is 0 Å². The summed E-state index contributed by atoms with van der Waals surface area (Å²) in [4.78, 5) is 16.8. The summed E-state index contributed by atoms with van der Waals surface area (Å²) >= 11 is 0. The van der Waals surface area contributed by atoms with Gasteiger partial charge < -0.3 is 9.88 Å². The first-order valence-corrected chi connectivity index (χ1v) is 9.58. The molecule has 0 radical (unpaired) electrons. The van der Waals surface area contributed by atoms with Crippen LogP contribution in [-0.2, 0) is 14.6 Å². The Labute approximate surface area is 135 Å². The van der Waals surface area contributed by atoms with Crippen molar-refractivity contribution in [1.82, 2.24) is 14.9 Å². The molecular formula is C16H21N3O3S. The monoisotopic (exact) mass is 335 g/mol. The van der Waals surface area contributed by atoms with Crippen LogP contribution in [0.5, 0.6) is 0 Å². The van der Waals surface area contributed by atoms with Gasteiger partial charge in [-0.3, -0.25) is 4.79 Å². The summed E-state index contributed by atoms with van der Waals surface area (Å²) in [6, 6.07) is 7.80. The van der Waals surface area contributed by atoms with E-state index >= 15 is 0 Å². The van der Waals surface area contributed by atoms with Crippen LogP contribution in [0.4, 0.5) is 0 Å². The van der Waals surface area contributed by atoms with E-state index in [0.717, 1.165) is 16.9 Å². The van der Waals surface area contributed by atoms with Crippen molar-refractivity contribution >= 4 is 26.8 Å². The second-order valence-electron chi connectivity index (χ2n) is 6.43. The van der Waals surface area contributed by atoms with Gasteiger partial charge in [-0.1, -0.05) is 12.1 Å². The lowest BCUT2D eigenvalue weighted by atomic mass is 10.1.